The molecule has 0 saturated heterocycles. The van der Waals surface area contributed by atoms with Gasteiger partial charge in [-0.25, -0.2) is 0 Å². The summed E-state index contributed by atoms with van der Waals surface area (Å²) < 4.78 is 25.3. The minimum Gasteiger partial charge on any atom is -0.784 e. The Labute approximate surface area is 50.1 Å². The van der Waals surface area contributed by atoms with E-state index in [1.807, 2.05) is 0 Å². The molecule has 0 spiro atoms. The molecule has 0 bridgehead atoms. The van der Waals surface area contributed by atoms with Gasteiger partial charge in [-0.1, -0.05) is 0 Å². The summed E-state index contributed by atoms with van der Waals surface area (Å²) in [5, 5.41) is 0. The molecule has 0 heterocycles. The Balaban J connectivity index is -0.0000000450. The zero-order chi connectivity index (χ0) is 3.58. The maximum absolute atomic E-state index is 8.44. The third-order valence-electron chi connectivity index (χ3n) is 0. The minimum atomic E-state index is -3.11. The second-order valence-corrected chi connectivity index (χ2v) is 0.612. The van der Waals surface area contributed by atoms with Crippen molar-refractivity contribution < 1.29 is 38.3 Å². The molecule has 2 N–H and O–H groups in total. The SMILES string of the molecule is O.O=S([O-])[O-].[Zn+2]. The topological polar surface area (TPSA) is 94.7 Å². The van der Waals surface area contributed by atoms with E-state index in [1.54, 1.807) is 0 Å². The molecule has 6 heavy (non-hydrogen) atoms. The van der Waals surface area contributed by atoms with E-state index in [0.717, 1.165) is 0 Å². The van der Waals surface area contributed by atoms with Gasteiger partial charge >= 0.3 is 19.5 Å². The van der Waals surface area contributed by atoms with Gasteiger partial charge in [0, 0.05) is 0 Å². The Morgan fingerprint density at radius 2 is 1.33 bits per heavy atom. The van der Waals surface area contributed by atoms with Gasteiger partial charge in [0.15, 0.2) is 0 Å². The van der Waals surface area contributed by atoms with Crippen molar-refractivity contribution in [2.24, 2.45) is 0 Å². The maximum Gasteiger partial charge on any atom is 2.00 e. The summed E-state index contributed by atoms with van der Waals surface area (Å²) in [4.78, 5) is 0. The fourth-order valence-electron chi connectivity index (χ4n) is 0. The summed E-state index contributed by atoms with van der Waals surface area (Å²) in [5.41, 5.74) is 0. The van der Waals surface area contributed by atoms with E-state index < -0.39 is 11.4 Å². The Morgan fingerprint density at radius 1 is 1.33 bits per heavy atom. The van der Waals surface area contributed by atoms with Crippen LogP contribution in [0.15, 0.2) is 0 Å². The van der Waals surface area contributed by atoms with Crippen molar-refractivity contribution in [1.82, 2.24) is 0 Å². The van der Waals surface area contributed by atoms with Gasteiger partial charge in [-0.3, -0.25) is 4.21 Å². The van der Waals surface area contributed by atoms with Gasteiger partial charge < -0.3 is 14.6 Å². The monoisotopic (exact) mass is 162 g/mol. The Bertz CT molecular complexity index is 30.5. The van der Waals surface area contributed by atoms with Crippen LogP contribution in [0.4, 0.5) is 0 Å². The Kier molecular flexibility index (Phi) is 24.4. The van der Waals surface area contributed by atoms with Crippen molar-refractivity contribution >= 4 is 11.4 Å². The van der Waals surface area contributed by atoms with Gasteiger partial charge in [0.25, 0.3) is 0 Å². The normalized spacial score (nSPS) is 5.83. The molecule has 0 aliphatic rings. The number of hydrogen-bond donors (Lipinski definition) is 0. The summed E-state index contributed by atoms with van der Waals surface area (Å²) in [6.45, 7) is 0. The third-order valence-corrected chi connectivity index (χ3v) is 0. The van der Waals surface area contributed by atoms with Crippen molar-refractivity contribution in [2.45, 2.75) is 0 Å². The molecule has 0 aliphatic heterocycles. The van der Waals surface area contributed by atoms with Gasteiger partial charge in [0.2, 0.25) is 0 Å². The summed E-state index contributed by atoms with van der Waals surface area (Å²) in [7, 11) is 0. The van der Waals surface area contributed by atoms with Gasteiger partial charge in [0.05, 0.1) is 0 Å². The van der Waals surface area contributed by atoms with E-state index in [9.17, 15) is 0 Å². The van der Waals surface area contributed by atoms with Crippen LogP contribution in [-0.2, 0) is 30.8 Å². The fraction of sp³-hybridized carbons (Fsp3) is 0. The molecule has 6 heteroatoms. The zero-order valence-corrected chi connectivity index (χ0v) is 6.62. The van der Waals surface area contributed by atoms with E-state index in [4.69, 9.17) is 13.3 Å². The van der Waals surface area contributed by atoms with Crippen LogP contribution in [0.25, 0.3) is 0 Å². The van der Waals surface area contributed by atoms with E-state index in [0.29, 0.717) is 0 Å². The van der Waals surface area contributed by atoms with Gasteiger partial charge in [-0.05, 0) is 0 Å². The predicted molar refractivity (Wildman–Crippen MR) is 13.3 cm³/mol. The van der Waals surface area contributed by atoms with E-state index in [-0.39, 0.29) is 25.0 Å². The van der Waals surface area contributed by atoms with Crippen LogP contribution >= 0.6 is 0 Å². The molecule has 0 aliphatic carbocycles. The smallest absolute Gasteiger partial charge is 0.784 e. The van der Waals surface area contributed by atoms with Crippen LogP contribution in [0.2, 0.25) is 0 Å². The summed E-state index contributed by atoms with van der Waals surface area (Å²) in [6.07, 6.45) is 0. The molecule has 0 aromatic carbocycles. The second kappa shape index (κ2) is 9.17. The van der Waals surface area contributed by atoms with Crippen LogP contribution in [0.3, 0.4) is 0 Å². The molecule has 0 rings (SSSR count). The molecule has 0 aromatic rings. The molecule has 0 fully saturated rings. The third kappa shape index (κ3) is 145. The minimum absolute atomic E-state index is 0. The van der Waals surface area contributed by atoms with E-state index in [2.05, 4.69) is 0 Å². The van der Waals surface area contributed by atoms with E-state index in [1.165, 1.54) is 0 Å². The van der Waals surface area contributed by atoms with Crippen LogP contribution in [-0.4, -0.2) is 18.8 Å². The molecule has 0 radical (unpaired) electrons. The van der Waals surface area contributed by atoms with Crippen molar-refractivity contribution in [3.8, 4) is 0 Å². The first-order chi connectivity index (χ1) is 1.73. The quantitative estimate of drug-likeness (QED) is 0.310. The molecular formula is H2O4SZn. The summed E-state index contributed by atoms with van der Waals surface area (Å²) in [6, 6.07) is 0. The van der Waals surface area contributed by atoms with Crippen LogP contribution < -0.4 is 0 Å². The average Bonchev–Trinajstić information content (AvgIpc) is 0.811. The zero-order valence-electron chi connectivity index (χ0n) is 2.84. The Morgan fingerprint density at radius 3 is 1.33 bits per heavy atom. The molecule has 34 valence electrons. The molecular weight excluding hydrogens is 161 g/mol. The first-order valence-electron chi connectivity index (χ1n) is 0.500. The maximum atomic E-state index is 8.44. The standard InChI is InChI=1S/H2O3S.H2O.Zn/c1-4(2)3;;/h(H2,1,2,3);1H2;/q;;+2/p-2. The van der Waals surface area contributed by atoms with Crippen molar-refractivity contribution in [3.05, 3.63) is 0 Å². The first-order valence-corrected chi connectivity index (χ1v) is 1.50. The van der Waals surface area contributed by atoms with Crippen LogP contribution in [0, 0.1) is 0 Å². The van der Waals surface area contributed by atoms with Crippen LogP contribution in [0.5, 0.6) is 0 Å². The molecule has 0 aromatic heterocycles. The Hall–Kier alpha value is 0.653. The molecule has 0 amide bonds. The summed E-state index contributed by atoms with van der Waals surface area (Å²) in [5.74, 6) is 0. The number of rotatable bonds is 0. The molecule has 0 atom stereocenters. The average molecular weight is 163 g/mol. The summed E-state index contributed by atoms with van der Waals surface area (Å²) >= 11 is -3.11. The van der Waals surface area contributed by atoms with Crippen molar-refractivity contribution in [1.29, 1.82) is 0 Å². The largest absolute Gasteiger partial charge is 2.00 e. The van der Waals surface area contributed by atoms with Gasteiger partial charge in [-0.2, -0.15) is 0 Å². The molecule has 0 saturated carbocycles. The van der Waals surface area contributed by atoms with Gasteiger partial charge in [-0.15, -0.1) is 11.4 Å². The predicted octanol–water partition coefficient (Wildman–Crippen LogP) is -1.83. The second-order valence-electron chi connectivity index (χ2n) is 0.204. The van der Waals surface area contributed by atoms with Gasteiger partial charge in [0.1, 0.15) is 0 Å². The fourth-order valence-corrected chi connectivity index (χ4v) is 0. The molecule has 4 nitrogen and oxygen atoms in total. The van der Waals surface area contributed by atoms with Crippen LogP contribution in [0.1, 0.15) is 0 Å². The first kappa shape index (κ1) is 15.9. The van der Waals surface area contributed by atoms with Crippen molar-refractivity contribution in [3.63, 3.8) is 0 Å². The number of hydrogen-bond acceptors (Lipinski definition) is 3. The van der Waals surface area contributed by atoms with E-state index >= 15 is 0 Å². The van der Waals surface area contributed by atoms with Crippen molar-refractivity contribution in [2.75, 3.05) is 0 Å². The molecule has 0 unspecified atom stereocenters.